The molecule has 0 spiro atoms. The molecular formula is C36H26N2. The van der Waals surface area contributed by atoms with Crippen molar-refractivity contribution in [3.63, 3.8) is 0 Å². The Morgan fingerprint density at radius 2 is 0.974 bits per heavy atom. The number of nitrogens with zero attached hydrogens (tertiary/aromatic N) is 2. The molecule has 0 aliphatic carbocycles. The number of rotatable bonds is 3. The number of hydrogen-bond acceptors (Lipinski definition) is 2. The third-order valence-corrected chi connectivity index (χ3v) is 7.41. The summed E-state index contributed by atoms with van der Waals surface area (Å²) in [5.74, 6) is 0. The highest BCUT2D eigenvalue weighted by atomic mass is 14.8. The van der Waals surface area contributed by atoms with E-state index in [1.54, 1.807) is 0 Å². The normalized spacial score (nSPS) is 11.4. The quantitative estimate of drug-likeness (QED) is 0.232. The number of fused-ring (bicyclic) bond motifs is 4. The zero-order valence-electron chi connectivity index (χ0n) is 21.4. The van der Waals surface area contributed by atoms with Crippen LogP contribution in [0.4, 0.5) is 0 Å². The Morgan fingerprint density at radius 3 is 1.71 bits per heavy atom. The van der Waals surface area contributed by atoms with Crippen LogP contribution in [0.5, 0.6) is 0 Å². The van der Waals surface area contributed by atoms with Gasteiger partial charge >= 0.3 is 0 Å². The van der Waals surface area contributed by atoms with E-state index in [1.165, 1.54) is 44.2 Å². The van der Waals surface area contributed by atoms with Gasteiger partial charge in [-0.15, -0.1) is 0 Å². The predicted octanol–water partition coefficient (Wildman–Crippen LogP) is 9.55. The average molecular weight is 487 g/mol. The molecule has 0 N–H and O–H groups in total. The van der Waals surface area contributed by atoms with Crippen LogP contribution >= 0.6 is 0 Å². The fraction of sp³-hybridized carbons (Fsp3) is 0.0556. The van der Waals surface area contributed by atoms with Crippen molar-refractivity contribution in [2.75, 3.05) is 0 Å². The van der Waals surface area contributed by atoms with Crippen LogP contribution in [0.3, 0.4) is 0 Å². The van der Waals surface area contributed by atoms with Crippen LogP contribution in [0.2, 0.25) is 0 Å². The molecule has 0 atom stereocenters. The highest BCUT2D eigenvalue weighted by molar-refractivity contribution is 6.11. The summed E-state index contributed by atoms with van der Waals surface area (Å²) in [7, 11) is 0. The van der Waals surface area contributed by atoms with Crippen molar-refractivity contribution in [1.82, 2.24) is 9.97 Å². The van der Waals surface area contributed by atoms with Gasteiger partial charge in [-0.3, -0.25) is 9.97 Å². The second-order valence-corrected chi connectivity index (χ2v) is 9.95. The maximum Gasteiger partial charge on any atom is 0.0974 e. The second-order valence-electron chi connectivity index (χ2n) is 9.95. The average Bonchev–Trinajstić information content (AvgIpc) is 2.97. The van der Waals surface area contributed by atoms with Gasteiger partial charge in [0.15, 0.2) is 0 Å². The SMILES string of the molecule is Cc1ccc2cc(-c3cccc(-c4ccc(-c5ccccc5)c5ccccc45)c3)c3ccc(C)nc3c2n1. The van der Waals surface area contributed by atoms with Crippen molar-refractivity contribution in [3.8, 4) is 33.4 Å². The van der Waals surface area contributed by atoms with Crippen molar-refractivity contribution in [2.24, 2.45) is 0 Å². The number of benzene rings is 5. The first-order valence-electron chi connectivity index (χ1n) is 13.0. The molecule has 2 heterocycles. The molecule has 0 radical (unpaired) electrons. The molecule has 0 fully saturated rings. The Morgan fingerprint density at radius 1 is 0.395 bits per heavy atom. The van der Waals surface area contributed by atoms with Crippen LogP contribution in [0.1, 0.15) is 11.4 Å². The molecule has 0 aliphatic heterocycles. The topological polar surface area (TPSA) is 25.8 Å². The van der Waals surface area contributed by atoms with Gasteiger partial charge in [0.1, 0.15) is 0 Å². The highest BCUT2D eigenvalue weighted by Crippen LogP contribution is 2.39. The summed E-state index contributed by atoms with van der Waals surface area (Å²) in [5, 5.41) is 4.76. The molecule has 38 heavy (non-hydrogen) atoms. The van der Waals surface area contributed by atoms with E-state index >= 15 is 0 Å². The lowest BCUT2D eigenvalue weighted by atomic mass is 9.90. The van der Waals surface area contributed by atoms with Crippen LogP contribution in [0.25, 0.3) is 66.0 Å². The molecule has 7 rings (SSSR count). The molecule has 2 nitrogen and oxygen atoms in total. The molecule has 0 bridgehead atoms. The van der Waals surface area contributed by atoms with Crippen LogP contribution in [-0.2, 0) is 0 Å². The standard InChI is InChI=1S/C36H26N2/c1-23-15-17-28-22-34(33-18-16-24(2)38-36(33)35(28)37-23)27-12-8-11-26(21-27)30-20-19-29(25-9-4-3-5-10-25)31-13-6-7-14-32(30)31/h3-22H,1-2H3. The minimum absolute atomic E-state index is 0.962. The molecule has 0 saturated heterocycles. The largest absolute Gasteiger partial charge is 0.251 e. The Hall–Kier alpha value is -4.82. The van der Waals surface area contributed by atoms with Crippen LogP contribution in [-0.4, -0.2) is 9.97 Å². The lowest BCUT2D eigenvalue weighted by molar-refractivity contribution is 1.23. The molecule has 0 saturated carbocycles. The van der Waals surface area contributed by atoms with Gasteiger partial charge in [0.25, 0.3) is 0 Å². The van der Waals surface area contributed by atoms with Gasteiger partial charge in [0.2, 0.25) is 0 Å². The fourth-order valence-corrected chi connectivity index (χ4v) is 5.57. The van der Waals surface area contributed by atoms with E-state index in [4.69, 9.17) is 9.97 Å². The monoisotopic (exact) mass is 486 g/mol. The lowest BCUT2D eigenvalue weighted by Crippen LogP contribution is -1.93. The summed E-state index contributed by atoms with van der Waals surface area (Å²) in [6, 6.07) is 43.5. The molecule has 0 amide bonds. The first-order chi connectivity index (χ1) is 18.7. The molecule has 2 heteroatoms. The first-order valence-corrected chi connectivity index (χ1v) is 13.0. The van der Waals surface area contributed by atoms with E-state index in [9.17, 15) is 0 Å². The third-order valence-electron chi connectivity index (χ3n) is 7.41. The lowest BCUT2D eigenvalue weighted by Gasteiger charge is -2.14. The smallest absolute Gasteiger partial charge is 0.0974 e. The Labute approximate surface area is 222 Å². The molecule has 7 aromatic rings. The zero-order valence-corrected chi connectivity index (χ0v) is 21.4. The highest BCUT2D eigenvalue weighted by Gasteiger charge is 2.14. The summed E-state index contributed by atoms with van der Waals surface area (Å²) >= 11 is 0. The van der Waals surface area contributed by atoms with E-state index in [-0.39, 0.29) is 0 Å². The first kappa shape index (κ1) is 22.4. The van der Waals surface area contributed by atoms with Crippen molar-refractivity contribution >= 4 is 32.6 Å². The van der Waals surface area contributed by atoms with Crippen molar-refractivity contribution in [3.05, 3.63) is 133 Å². The predicted molar refractivity (Wildman–Crippen MR) is 160 cm³/mol. The Kier molecular flexibility index (Phi) is 5.26. The van der Waals surface area contributed by atoms with Gasteiger partial charge < -0.3 is 0 Å². The van der Waals surface area contributed by atoms with Gasteiger partial charge in [-0.2, -0.15) is 0 Å². The third kappa shape index (κ3) is 3.74. The fourth-order valence-electron chi connectivity index (χ4n) is 5.57. The summed E-state index contributed by atoms with van der Waals surface area (Å²) in [6.07, 6.45) is 0. The Bertz CT molecular complexity index is 1990. The van der Waals surface area contributed by atoms with E-state index in [0.717, 1.165) is 33.2 Å². The van der Waals surface area contributed by atoms with Gasteiger partial charge in [-0.05, 0) is 82.3 Å². The van der Waals surface area contributed by atoms with Crippen LogP contribution in [0, 0.1) is 13.8 Å². The van der Waals surface area contributed by atoms with E-state index in [0.29, 0.717) is 0 Å². The van der Waals surface area contributed by atoms with Gasteiger partial charge in [-0.1, -0.05) is 97.1 Å². The summed E-state index contributed by atoms with van der Waals surface area (Å²) < 4.78 is 0. The Balaban J connectivity index is 1.44. The molecular weight excluding hydrogens is 460 g/mol. The minimum atomic E-state index is 0.962. The van der Waals surface area contributed by atoms with Crippen molar-refractivity contribution in [1.29, 1.82) is 0 Å². The molecule has 180 valence electrons. The van der Waals surface area contributed by atoms with Crippen LogP contribution < -0.4 is 0 Å². The summed E-state index contributed by atoms with van der Waals surface area (Å²) in [4.78, 5) is 9.78. The summed E-state index contributed by atoms with van der Waals surface area (Å²) in [5.41, 5.74) is 11.2. The maximum absolute atomic E-state index is 4.93. The van der Waals surface area contributed by atoms with E-state index in [2.05, 4.69) is 121 Å². The molecule has 2 aromatic heterocycles. The number of pyridine rings is 2. The zero-order chi connectivity index (χ0) is 25.6. The van der Waals surface area contributed by atoms with Gasteiger partial charge in [0, 0.05) is 22.2 Å². The molecule has 5 aromatic carbocycles. The number of hydrogen-bond donors (Lipinski definition) is 0. The van der Waals surface area contributed by atoms with Crippen molar-refractivity contribution < 1.29 is 0 Å². The number of aromatic nitrogens is 2. The summed E-state index contributed by atoms with van der Waals surface area (Å²) in [6.45, 7) is 4.07. The molecule has 0 aliphatic rings. The molecule has 0 unspecified atom stereocenters. The number of aryl methyl sites for hydroxylation is 2. The van der Waals surface area contributed by atoms with Crippen LogP contribution in [0.15, 0.2) is 121 Å². The van der Waals surface area contributed by atoms with Crippen molar-refractivity contribution in [2.45, 2.75) is 13.8 Å². The van der Waals surface area contributed by atoms with E-state index < -0.39 is 0 Å². The maximum atomic E-state index is 4.93. The van der Waals surface area contributed by atoms with Gasteiger partial charge in [0.05, 0.1) is 11.0 Å². The van der Waals surface area contributed by atoms with E-state index in [1.807, 2.05) is 13.8 Å². The van der Waals surface area contributed by atoms with Gasteiger partial charge in [-0.25, -0.2) is 0 Å². The minimum Gasteiger partial charge on any atom is -0.251 e. The second kappa shape index (κ2) is 8.93.